The number of hydrogen-bond donors (Lipinski definition) is 2. The molecule has 0 saturated carbocycles. The fourth-order valence-electron chi connectivity index (χ4n) is 2.08. The number of hydrogen-bond acceptors (Lipinski definition) is 4. The van der Waals surface area contributed by atoms with Gasteiger partial charge in [0.15, 0.2) is 0 Å². The Bertz CT molecular complexity index is 652. The molecule has 110 valence electrons. The number of primary amides is 1. The third kappa shape index (κ3) is 3.14. The summed E-state index contributed by atoms with van der Waals surface area (Å²) in [5.41, 5.74) is 6.12. The van der Waals surface area contributed by atoms with Gasteiger partial charge in [0.25, 0.3) is 5.91 Å². The standard InChI is InChI=1S/C16H17NO4/c1-10(18)15-13(20-2)8-5-9-14(15)21-12-7-4-3-6-11(12)16(17)19/h3-10,18H,1-2H3,(H2,17,19). The van der Waals surface area contributed by atoms with Crippen LogP contribution >= 0.6 is 0 Å². The first-order valence-electron chi connectivity index (χ1n) is 6.46. The average Bonchev–Trinajstić information content (AvgIpc) is 2.47. The molecule has 0 radical (unpaired) electrons. The van der Waals surface area contributed by atoms with Crippen molar-refractivity contribution in [1.82, 2.24) is 0 Å². The summed E-state index contributed by atoms with van der Waals surface area (Å²) in [6.45, 7) is 1.62. The van der Waals surface area contributed by atoms with Crippen LogP contribution in [0.15, 0.2) is 42.5 Å². The minimum Gasteiger partial charge on any atom is -0.496 e. The highest BCUT2D eigenvalue weighted by molar-refractivity contribution is 5.95. The molecule has 0 aliphatic heterocycles. The predicted molar refractivity (Wildman–Crippen MR) is 78.7 cm³/mol. The monoisotopic (exact) mass is 287 g/mol. The van der Waals surface area contributed by atoms with Crippen LogP contribution in [0.4, 0.5) is 0 Å². The van der Waals surface area contributed by atoms with Crippen molar-refractivity contribution in [3.8, 4) is 17.2 Å². The lowest BCUT2D eigenvalue weighted by molar-refractivity contribution is 0.0998. The highest BCUT2D eigenvalue weighted by Crippen LogP contribution is 2.37. The SMILES string of the molecule is COc1cccc(Oc2ccccc2C(N)=O)c1C(C)O. The molecule has 0 spiro atoms. The molecule has 5 heteroatoms. The number of rotatable bonds is 5. The van der Waals surface area contributed by atoms with Crippen LogP contribution in [0.1, 0.15) is 28.9 Å². The summed E-state index contributed by atoms with van der Waals surface area (Å²) in [6.07, 6.45) is -0.781. The van der Waals surface area contributed by atoms with Crippen LogP contribution in [-0.2, 0) is 0 Å². The van der Waals surface area contributed by atoms with Crippen LogP contribution in [0.3, 0.4) is 0 Å². The normalized spacial score (nSPS) is 11.8. The molecule has 21 heavy (non-hydrogen) atoms. The zero-order valence-electron chi connectivity index (χ0n) is 11.9. The van der Waals surface area contributed by atoms with Gasteiger partial charge in [-0.25, -0.2) is 0 Å². The van der Waals surface area contributed by atoms with Gasteiger partial charge in [0.2, 0.25) is 0 Å². The van der Waals surface area contributed by atoms with Gasteiger partial charge in [-0.15, -0.1) is 0 Å². The van der Waals surface area contributed by atoms with E-state index in [-0.39, 0.29) is 5.56 Å². The van der Waals surface area contributed by atoms with Crippen LogP contribution in [0.25, 0.3) is 0 Å². The topological polar surface area (TPSA) is 81.8 Å². The zero-order chi connectivity index (χ0) is 15.4. The van der Waals surface area contributed by atoms with Gasteiger partial charge in [-0.2, -0.15) is 0 Å². The van der Waals surface area contributed by atoms with Crippen LogP contribution in [0, 0.1) is 0 Å². The van der Waals surface area contributed by atoms with Crippen LogP contribution < -0.4 is 15.2 Å². The molecular formula is C16H17NO4. The van der Waals surface area contributed by atoms with E-state index in [2.05, 4.69) is 0 Å². The minimum atomic E-state index is -0.781. The predicted octanol–water partition coefficient (Wildman–Crippen LogP) is 2.64. The Morgan fingerprint density at radius 2 is 1.71 bits per heavy atom. The second-order valence-corrected chi connectivity index (χ2v) is 4.51. The molecule has 0 saturated heterocycles. The lowest BCUT2D eigenvalue weighted by Crippen LogP contribution is -2.12. The zero-order valence-corrected chi connectivity index (χ0v) is 11.9. The Balaban J connectivity index is 2.48. The lowest BCUT2D eigenvalue weighted by Gasteiger charge is -2.17. The number of aliphatic hydroxyl groups excluding tert-OH is 1. The van der Waals surface area contributed by atoms with Crippen molar-refractivity contribution in [3.05, 3.63) is 53.6 Å². The first kappa shape index (κ1) is 14.9. The van der Waals surface area contributed by atoms with Crippen molar-refractivity contribution >= 4 is 5.91 Å². The third-order valence-corrected chi connectivity index (χ3v) is 3.04. The molecule has 2 aromatic carbocycles. The van der Waals surface area contributed by atoms with Gasteiger partial charge in [-0.1, -0.05) is 18.2 Å². The molecule has 2 aromatic rings. The molecular weight excluding hydrogens is 270 g/mol. The first-order chi connectivity index (χ1) is 10.0. The van der Waals surface area contributed by atoms with E-state index in [0.717, 1.165) is 0 Å². The Hall–Kier alpha value is -2.53. The molecule has 0 bridgehead atoms. The summed E-state index contributed by atoms with van der Waals surface area (Å²) >= 11 is 0. The van der Waals surface area contributed by atoms with E-state index in [9.17, 15) is 9.90 Å². The lowest BCUT2D eigenvalue weighted by atomic mass is 10.1. The fourth-order valence-corrected chi connectivity index (χ4v) is 2.08. The van der Waals surface area contributed by atoms with E-state index < -0.39 is 12.0 Å². The van der Waals surface area contributed by atoms with Gasteiger partial charge in [-0.05, 0) is 31.2 Å². The molecule has 0 aromatic heterocycles. The maximum atomic E-state index is 11.4. The van der Waals surface area contributed by atoms with Gasteiger partial charge in [0.1, 0.15) is 17.2 Å². The van der Waals surface area contributed by atoms with E-state index in [0.29, 0.717) is 22.8 Å². The van der Waals surface area contributed by atoms with E-state index in [4.69, 9.17) is 15.2 Å². The van der Waals surface area contributed by atoms with E-state index in [1.54, 1.807) is 49.4 Å². The van der Waals surface area contributed by atoms with Crippen LogP contribution in [0.2, 0.25) is 0 Å². The second-order valence-electron chi connectivity index (χ2n) is 4.51. The Morgan fingerprint density at radius 3 is 2.33 bits per heavy atom. The Labute approximate surface area is 122 Å². The quantitative estimate of drug-likeness (QED) is 0.885. The average molecular weight is 287 g/mol. The molecule has 1 amide bonds. The minimum absolute atomic E-state index is 0.275. The molecule has 0 aliphatic rings. The van der Waals surface area contributed by atoms with E-state index in [1.807, 2.05) is 0 Å². The van der Waals surface area contributed by atoms with Gasteiger partial charge >= 0.3 is 0 Å². The molecule has 1 atom stereocenters. The highest BCUT2D eigenvalue weighted by Gasteiger charge is 2.17. The number of carbonyl (C=O) groups excluding carboxylic acids is 1. The van der Waals surface area contributed by atoms with Crippen molar-refractivity contribution < 1.29 is 19.4 Å². The number of methoxy groups -OCH3 is 1. The van der Waals surface area contributed by atoms with Crippen molar-refractivity contribution in [2.24, 2.45) is 5.73 Å². The number of ether oxygens (including phenoxy) is 2. The summed E-state index contributed by atoms with van der Waals surface area (Å²) in [5, 5.41) is 9.92. The third-order valence-electron chi connectivity index (χ3n) is 3.04. The molecule has 0 fully saturated rings. The first-order valence-corrected chi connectivity index (χ1v) is 6.46. The largest absolute Gasteiger partial charge is 0.496 e. The highest BCUT2D eigenvalue weighted by atomic mass is 16.5. The van der Waals surface area contributed by atoms with Crippen molar-refractivity contribution in [2.75, 3.05) is 7.11 Å². The molecule has 5 nitrogen and oxygen atoms in total. The molecule has 1 unspecified atom stereocenters. The fraction of sp³-hybridized carbons (Fsp3) is 0.188. The summed E-state index contributed by atoms with van der Waals surface area (Å²) in [6, 6.07) is 11.8. The second kappa shape index (κ2) is 6.28. The molecule has 0 aliphatic carbocycles. The molecule has 0 heterocycles. The Kier molecular flexibility index (Phi) is 4.45. The number of aliphatic hydroxyl groups is 1. The van der Waals surface area contributed by atoms with Gasteiger partial charge < -0.3 is 20.3 Å². The van der Waals surface area contributed by atoms with Crippen LogP contribution in [0.5, 0.6) is 17.2 Å². The van der Waals surface area contributed by atoms with Crippen LogP contribution in [-0.4, -0.2) is 18.1 Å². The summed E-state index contributed by atoms with van der Waals surface area (Å²) in [4.78, 5) is 11.4. The number of nitrogens with two attached hydrogens (primary N) is 1. The summed E-state index contributed by atoms with van der Waals surface area (Å²) in [7, 11) is 1.52. The molecule has 2 rings (SSSR count). The van der Waals surface area contributed by atoms with E-state index in [1.165, 1.54) is 7.11 Å². The summed E-state index contributed by atoms with van der Waals surface area (Å²) in [5.74, 6) is 0.685. The van der Waals surface area contributed by atoms with Crippen molar-refractivity contribution in [1.29, 1.82) is 0 Å². The van der Waals surface area contributed by atoms with Gasteiger partial charge in [0, 0.05) is 0 Å². The smallest absolute Gasteiger partial charge is 0.252 e. The molecule has 3 N–H and O–H groups in total. The van der Waals surface area contributed by atoms with Gasteiger partial charge in [0.05, 0.1) is 24.3 Å². The number of para-hydroxylation sites is 1. The summed E-state index contributed by atoms with van der Waals surface area (Å²) < 4.78 is 11.0. The number of carbonyl (C=O) groups is 1. The van der Waals surface area contributed by atoms with E-state index >= 15 is 0 Å². The van der Waals surface area contributed by atoms with Gasteiger partial charge in [-0.3, -0.25) is 4.79 Å². The maximum absolute atomic E-state index is 11.4. The van der Waals surface area contributed by atoms with Crippen molar-refractivity contribution in [3.63, 3.8) is 0 Å². The maximum Gasteiger partial charge on any atom is 0.252 e. The number of amides is 1. The number of benzene rings is 2. The Morgan fingerprint density at radius 1 is 1.10 bits per heavy atom. The van der Waals surface area contributed by atoms with Crippen molar-refractivity contribution in [2.45, 2.75) is 13.0 Å².